The molecule has 0 spiro atoms. The summed E-state index contributed by atoms with van der Waals surface area (Å²) in [6.45, 7) is 2.17. The second-order valence-corrected chi connectivity index (χ2v) is 8.53. The van der Waals surface area contributed by atoms with Crippen molar-refractivity contribution in [3.8, 4) is 0 Å². The largest absolute Gasteiger partial charge is 0.490 e. The van der Waals surface area contributed by atoms with Crippen LogP contribution in [0.4, 0.5) is 30.7 Å². The van der Waals surface area contributed by atoms with E-state index >= 15 is 0 Å². The molecular weight excluding hydrogens is 559 g/mol. The van der Waals surface area contributed by atoms with E-state index in [2.05, 4.69) is 15.2 Å². The fraction of sp³-hybridized carbons (Fsp3) is 0.417. The molecule has 1 amide bonds. The Morgan fingerprint density at radius 2 is 1.57 bits per heavy atom. The van der Waals surface area contributed by atoms with Gasteiger partial charge in [0.05, 0.1) is 17.7 Å². The molecule has 0 saturated carbocycles. The molecular formula is C24H24F7N3O6. The summed E-state index contributed by atoms with van der Waals surface area (Å²) in [5.74, 6) is -5.87. The van der Waals surface area contributed by atoms with Crippen molar-refractivity contribution >= 4 is 17.8 Å². The predicted octanol–water partition coefficient (Wildman–Crippen LogP) is 3.65. The van der Waals surface area contributed by atoms with Gasteiger partial charge in [-0.25, -0.2) is 14.0 Å². The average molecular weight is 583 g/mol. The number of fused-ring (bicyclic) bond motifs is 1. The number of aliphatic carboxylic acids is 2. The van der Waals surface area contributed by atoms with Crippen molar-refractivity contribution in [3.05, 3.63) is 65.7 Å². The molecule has 220 valence electrons. The number of alkyl halides is 6. The van der Waals surface area contributed by atoms with Gasteiger partial charge in [0, 0.05) is 38.1 Å². The van der Waals surface area contributed by atoms with Gasteiger partial charge in [0.1, 0.15) is 5.82 Å². The van der Waals surface area contributed by atoms with Crippen LogP contribution in [-0.4, -0.2) is 81.6 Å². The molecule has 0 aliphatic carbocycles. The van der Waals surface area contributed by atoms with Crippen LogP contribution >= 0.6 is 0 Å². The van der Waals surface area contributed by atoms with E-state index in [9.17, 15) is 35.5 Å². The normalized spacial score (nSPS) is 20.6. The highest BCUT2D eigenvalue weighted by Gasteiger charge is 2.44. The van der Waals surface area contributed by atoms with Gasteiger partial charge in [-0.2, -0.15) is 26.3 Å². The van der Waals surface area contributed by atoms with Crippen LogP contribution in [0.5, 0.6) is 0 Å². The summed E-state index contributed by atoms with van der Waals surface area (Å²) in [6, 6.07) is 10.3. The molecule has 2 aromatic rings. The zero-order chi connectivity index (χ0) is 30.1. The van der Waals surface area contributed by atoms with E-state index in [1.165, 1.54) is 12.1 Å². The Morgan fingerprint density at radius 1 is 1.00 bits per heavy atom. The minimum absolute atomic E-state index is 0.00943. The van der Waals surface area contributed by atoms with Crippen molar-refractivity contribution in [2.24, 2.45) is 0 Å². The lowest BCUT2D eigenvalue weighted by atomic mass is 10.0. The zero-order valence-electron chi connectivity index (χ0n) is 20.5. The predicted molar refractivity (Wildman–Crippen MR) is 122 cm³/mol. The van der Waals surface area contributed by atoms with Crippen LogP contribution in [0.2, 0.25) is 0 Å². The summed E-state index contributed by atoms with van der Waals surface area (Å²) in [4.78, 5) is 36.6. The average Bonchev–Trinajstić information content (AvgIpc) is 3.22. The summed E-state index contributed by atoms with van der Waals surface area (Å²) in [6.07, 6.45) is -4.89. The summed E-state index contributed by atoms with van der Waals surface area (Å²) >= 11 is 0. The van der Waals surface area contributed by atoms with E-state index in [0.29, 0.717) is 5.56 Å². The quantitative estimate of drug-likeness (QED) is 0.466. The number of likely N-dealkylation sites (tertiary alicyclic amines) is 1. The molecule has 16 heteroatoms. The topological polar surface area (TPSA) is 129 Å². The maximum absolute atomic E-state index is 13.1. The molecule has 4 rings (SSSR count). The minimum atomic E-state index is -5.08. The highest BCUT2D eigenvalue weighted by Crippen LogP contribution is 2.30. The van der Waals surface area contributed by atoms with E-state index in [1.807, 2.05) is 12.1 Å². The maximum atomic E-state index is 13.1. The summed E-state index contributed by atoms with van der Waals surface area (Å²) in [7, 11) is 0. The number of rotatable bonds is 4. The molecule has 0 bridgehead atoms. The Morgan fingerprint density at radius 3 is 2.08 bits per heavy atom. The van der Waals surface area contributed by atoms with Gasteiger partial charge in [0.25, 0.3) is 5.91 Å². The number of halogens is 7. The first-order valence-corrected chi connectivity index (χ1v) is 11.5. The smallest absolute Gasteiger partial charge is 0.475 e. The molecule has 9 nitrogen and oxygen atoms in total. The number of carbonyl (C=O) groups excluding carboxylic acids is 1. The van der Waals surface area contributed by atoms with Crippen LogP contribution in [0.1, 0.15) is 28.8 Å². The number of hydrogen-bond acceptors (Lipinski definition) is 6. The monoisotopic (exact) mass is 583 g/mol. The number of benzene rings is 1. The van der Waals surface area contributed by atoms with Crippen LogP contribution in [0.25, 0.3) is 0 Å². The second kappa shape index (κ2) is 14.0. The summed E-state index contributed by atoms with van der Waals surface area (Å²) < 4.78 is 82.6. The zero-order valence-corrected chi connectivity index (χ0v) is 20.5. The van der Waals surface area contributed by atoms with Crippen molar-refractivity contribution < 1.29 is 60.1 Å². The first-order valence-electron chi connectivity index (χ1n) is 11.5. The van der Waals surface area contributed by atoms with Gasteiger partial charge in [0.15, 0.2) is 0 Å². The highest BCUT2D eigenvalue weighted by atomic mass is 19.4. The van der Waals surface area contributed by atoms with Gasteiger partial charge < -0.3 is 20.3 Å². The number of pyridine rings is 1. The molecule has 2 saturated heterocycles. The molecule has 2 fully saturated rings. The Hall–Kier alpha value is -3.79. The van der Waals surface area contributed by atoms with E-state index in [-0.39, 0.29) is 29.9 Å². The van der Waals surface area contributed by atoms with Crippen molar-refractivity contribution in [3.63, 3.8) is 0 Å². The Bertz CT molecular complexity index is 1110. The van der Waals surface area contributed by atoms with Gasteiger partial charge in [0.2, 0.25) is 0 Å². The number of ether oxygens (including phenoxy) is 1. The first-order chi connectivity index (χ1) is 18.6. The Balaban J connectivity index is 0.000000333. The van der Waals surface area contributed by atoms with Gasteiger partial charge in [-0.1, -0.05) is 12.1 Å². The number of carbonyl (C=O) groups is 3. The lowest BCUT2D eigenvalue weighted by molar-refractivity contribution is -0.193. The van der Waals surface area contributed by atoms with Crippen molar-refractivity contribution in [1.82, 2.24) is 15.2 Å². The molecule has 3 N–H and O–H groups in total. The van der Waals surface area contributed by atoms with Crippen LogP contribution in [0, 0.1) is 5.82 Å². The number of carboxylic acid groups (broad SMARTS) is 2. The van der Waals surface area contributed by atoms with Crippen molar-refractivity contribution in [2.75, 3.05) is 13.2 Å². The Labute approximate surface area is 222 Å². The molecule has 40 heavy (non-hydrogen) atoms. The molecule has 2 aliphatic rings. The molecule has 0 radical (unpaired) electrons. The fourth-order valence-electron chi connectivity index (χ4n) is 3.94. The number of aromatic nitrogens is 1. The van der Waals surface area contributed by atoms with E-state index in [1.54, 1.807) is 24.5 Å². The van der Waals surface area contributed by atoms with Gasteiger partial charge in [-0.15, -0.1) is 0 Å². The van der Waals surface area contributed by atoms with Gasteiger partial charge in [-0.3, -0.25) is 14.7 Å². The number of amides is 1. The van der Waals surface area contributed by atoms with Crippen LogP contribution in [-0.2, 0) is 20.9 Å². The first kappa shape index (κ1) is 32.4. The maximum Gasteiger partial charge on any atom is 0.490 e. The van der Waals surface area contributed by atoms with E-state index in [0.717, 1.165) is 38.1 Å². The van der Waals surface area contributed by atoms with Crippen molar-refractivity contribution in [1.29, 1.82) is 0 Å². The SMILES string of the molecule is O=C(N[C@H]1CN(Cc2ccc(F)cc2)[C@H]2CCCO[C@@H]12)c1cccnc1.O=C(O)C(F)(F)F.O=C(O)C(F)(F)F. The number of nitrogens with one attached hydrogen (secondary N) is 1. The van der Waals surface area contributed by atoms with Crippen molar-refractivity contribution in [2.45, 2.75) is 49.9 Å². The third kappa shape index (κ3) is 10.1. The fourth-order valence-corrected chi connectivity index (χ4v) is 3.94. The third-order valence-corrected chi connectivity index (χ3v) is 5.65. The standard InChI is InChI=1S/C20H22FN3O2.2C2HF3O2/c21-16-7-5-14(6-8-16)12-24-13-17(19-18(24)4-2-10-26-19)23-20(25)15-3-1-9-22-11-15;2*3-2(4,5)1(6)7/h1,3,5-9,11,17-19H,2,4,10,12-13H2,(H,23,25);2*(H,6,7)/t17-,18-,19-;;/m0../s1. The number of hydrogen-bond donors (Lipinski definition) is 3. The van der Waals surface area contributed by atoms with E-state index < -0.39 is 24.3 Å². The lowest BCUT2D eigenvalue weighted by Gasteiger charge is -2.32. The lowest BCUT2D eigenvalue weighted by Crippen LogP contribution is -2.47. The van der Waals surface area contributed by atoms with Crippen LogP contribution < -0.4 is 5.32 Å². The minimum Gasteiger partial charge on any atom is -0.475 e. The molecule has 3 atom stereocenters. The molecule has 0 unspecified atom stereocenters. The third-order valence-electron chi connectivity index (χ3n) is 5.65. The van der Waals surface area contributed by atoms with Gasteiger partial charge in [-0.05, 0) is 42.7 Å². The van der Waals surface area contributed by atoms with Gasteiger partial charge >= 0.3 is 24.3 Å². The molecule has 3 heterocycles. The number of carboxylic acids is 2. The van der Waals surface area contributed by atoms with Crippen LogP contribution in [0.3, 0.4) is 0 Å². The molecule has 2 aliphatic heterocycles. The number of nitrogens with zero attached hydrogens (tertiary/aromatic N) is 2. The highest BCUT2D eigenvalue weighted by molar-refractivity contribution is 5.94. The summed E-state index contributed by atoms with van der Waals surface area (Å²) in [5, 5.41) is 17.4. The molecule has 1 aromatic heterocycles. The van der Waals surface area contributed by atoms with Crippen LogP contribution in [0.15, 0.2) is 48.8 Å². The van der Waals surface area contributed by atoms with E-state index in [4.69, 9.17) is 24.5 Å². The molecule has 1 aromatic carbocycles. The second-order valence-electron chi connectivity index (χ2n) is 8.53. The summed E-state index contributed by atoms with van der Waals surface area (Å²) in [5.41, 5.74) is 1.62. The Kier molecular flexibility index (Phi) is 11.4.